The second-order valence-corrected chi connectivity index (χ2v) is 7.15. The van der Waals surface area contributed by atoms with Crippen molar-refractivity contribution in [1.82, 2.24) is 10.4 Å². The van der Waals surface area contributed by atoms with Crippen LogP contribution in [0.2, 0.25) is 0 Å². The monoisotopic (exact) mass is 431 g/mol. The first-order valence-electron chi connectivity index (χ1n) is 8.68. The summed E-state index contributed by atoms with van der Waals surface area (Å²) in [6.07, 6.45) is 0. The molecule has 0 aliphatic carbocycles. The number of hydrogen-bond donors (Lipinski definition) is 1. The van der Waals surface area contributed by atoms with E-state index in [4.69, 9.17) is 4.74 Å². The molecule has 0 saturated carbocycles. The Balaban J connectivity index is 1.81. The van der Waals surface area contributed by atoms with Crippen LogP contribution in [-0.2, 0) is 14.3 Å². The molecule has 10 nitrogen and oxygen atoms in total. The number of amides is 2. The Kier molecular flexibility index (Phi) is 6.52. The van der Waals surface area contributed by atoms with Gasteiger partial charge >= 0.3 is 5.97 Å². The Morgan fingerprint density at radius 1 is 1.27 bits per heavy atom. The van der Waals surface area contributed by atoms with Crippen molar-refractivity contribution >= 4 is 35.2 Å². The number of methoxy groups -OCH3 is 1. The zero-order valence-corrected chi connectivity index (χ0v) is 16.6. The van der Waals surface area contributed by atoms with Crippen molar-refractivity contribution in [1.29, 1.82) is 0 Å². The highest BCUT2D eigenvalue weighted by Gasteiger charge is 2.36. The van der Waals surface area contributed by atoms with Gasteiger partial charge in [-0.15, -0.1) is 11.8 Å². The van der Waals surface area contributed by atoms with Crippen molar-refractivity contribution in [3.8, 4) is 5.75 Å². The van der Waals surface area contributed by atoms with Crippen LogP contribution in [0.4, 0.5) is 5.69 Å². The normalized spacial score (nSPS) is 15.6. The summed E-state index contributed by atoms with van der Waals surface area (Å²) >= 11 is 1.27. The lowest BCUT2D eigenvalue weighted by Crippen LogP contribution is -2.44. The van der Waals surface area contributed by atoms with Crippen LogP contribution in [0.3, 0.4) is 0 Å². The molecule has 1 fully saturated rings. The highest BCUT2D eigenvalue weighted by molar-refractivity contribution is 8.00. The summed E-state index contributed by atoms with van der Waals surface area (Å²) in [7, 11) is 1.24. The van der Waals surface area contributed by atoms with E-state index in [1.165, 1.54) is 37.1 Å². The van der Waals surface area contributed by atoms with Crippen LogP contribution in [0.15, 0.2) is 48.5 Å². The molecule has 1 aliphatic rings. The van der Waals surface area contributed by atoms with Crippen LogP contribution in [0.25, 0.3) is 0 Å². The number of rotatable bonds is 7. The van der Waals surface area contributed by atoms with E-state index in [1.807, 2.05) is 0 Å². The zero-order valence-electron chi connectivity index (χ0n) is 15.8. The molecule has 3 rings (SSSR count). The Hall–Kier alpha value is -3.60. The summed E-state index contributed by atoms with van der Waals surface area (Å²) in [6.45, 7) is -0.307. The fourth-order valence-electron chi connectivity index (χ4n) is 2.72. The molecule has 0 spiro atoms. The molecule has 1 saturated heterocycles. The predicted octanol–water partition coefficient (Wildman–Crippen LogP) is 2.07. The molecule has 1 unspecified atom stereocenters. The van der Waals surface area contributed by atoms with Gasteiger partial charge in [-0.1, -0.05) is 24.3 Å². The predicted molar refractivity (Wildman–Crippen MR) is 107 cm³/mol. The number of nitrogens with one attached hydrogen (secondary N) is 1. The Labute approximate surface area is 175 Å². The van der Waals surface area contributed by atoms with Gasteiger partial charge in [0.25, 0.3) is 17.5 Å². The number of carbonyl (C=O) groups is 3. The molecule has 1 N–H and O–H groups in total. The molecule has 1 heterocycles. The number of nitro groups is 1. The van der Waals surface area contributed by atoms with E-state index < -0.39 is 22.2 Å². The third-order valence-corrected chi connectivity index (χ3v) is 5.36. The lowest BCUT2D eigenvalue weighted by atomic mass is 10.2. The molecule has 2 amide bonds. The summed E-state index contributed by atoms with van der Waals surface area (Å²) in [5.74, 6) is -1.08. The molecule has 2 aromatic rings. The van der Waals surface area contributed by atoms with Gasteiger partial charge in [-0.25, -0.2) is 9.80 Å². The van der Waals surface area contributed by atoms with Crippen LogP contribution in [0.1, 0.15) is 21.3 Å². The topological polar surface area (TPSA) is 128 Å². The minimum Gasteiger partial charge on any atom is -0.482 e. The maximum atomic E-state index is 12.6. The van der Waals surface area contributed by atoms with Gasteiger partial charge in [-0.3, -0.25) is 25.1 Å². The summed E-state index contributed by atoms with van der Waals surface area (Å²) < 4.78 is 10.1. The number of ether oxygens (including phenoxy) is 2. The Morgan fingerprint density at radius 2 is 2.03 bits per heavy atom. The van der Waals surface area contributed by atoms with Crippen LogP contribution in [0.5, 0.6) is 5.75 Å². The van der Waals surface area contributed by atoms with Crippen molar-refractivity contribution in [3.63, 3.8) is 0 Å². The molecule has 0 bridgehead atoms. The average molecular weight is 431 g/mol. The molecule has 30 heavy (non-hydrogen) atoms. The van der Waals surface area contributed by atoms with E-state index in [2.05, 4.69) is 10.2 Å². The maximum Gasteiger partial charge on any atom is 0.343 e. The first kappa shape index (κ1) is 21.1. The quantitative estimate of drug-likeness (QED) is 0.401. The lowest BCUT2D eigenvalue weighted by Gasteiger charge is -2.26. The van der Waals surface area contributed by atoms with E-state index in [0.717, 1.165) is 11.1 Å². The van der Waals surface area contributed by atoms with E-state index in [0.29, 0.717) is 11.3 Å². The molecule has 2 aromatic carbocycles. The van der Waals surface area contributed by atoms with Gasteiger partial charge < -0.3 is 9.47 Å². The second-order valence-electron chi connectivity index (χ2n) is 6.08. The van der Waals surface area contributed by atoms with Gasteiger partial charge in [-0.05, 0) is 12.1 Å². The lowest BCUT2D eigenvalue weighted by molar-refractivity contribution is -0.384. The van der Waals surface area contributed by atoms with Crippen LogP contribution in [0, 0.1) is 10.1 Å². The minimum atomic E-state index is -0.660. The number of hydrogen-bond acceptors (Lipinski definition) is 8. The zero-order chi connectivity index (χ0) is 21.7. The third-order valence-electron chi connectivity index (χ3n) is 4.17. The smallest absolute Gasteiger partial charge is 0.343 e. The molecular weight excluding hydrogens is 414 g/mol. The molecular formula is C19H17N3O7S. The van der Waals surface area contributed by atoms with Gasteiger partial charge in [-0.2, -0.15) is 0 Å². The fourth-order valence-corrected chi connectivity index (χ4v) is 3.85. The number of carbonyl (C=O) groups excluding carboxylic acids is 3. The number of esters is 1. The van der Waals surface area contributed by atoms with Crippen molar-refractivity contribution in [2.45, 2.75) is 5.37 Å². The van der Waals surface area contributed by atoms with E-state index in [1.54, 1.807) is 24.3 Å². The van der Waals surface area contributed by atoms with Crippen molar-refractivity contribution < 1.29 is 28.8 Å². The summed E-state index contributed by atoms with van der Waals surface area (Å²) in [4.78, 5) is 46.7. The van der Waals surface area contributed by atoms with E-state index in [-0.39, 0.29) is 29.5 Å². The minimum absolute atomic E-state index is 0.0443. The van der Waals surface area contributed by atoms with E-state index >= 15 is 0 Å². The molecule has 0 radical (unpaired) electrons. The van der Waals surface area contributed by atoms with Gasteiger partial charge in [0.15, 0.2) is 6.61 Å². The number of thioether (sulfide) groups is 1. The second kappa shape index (κ2) is 9.27. The molecule has 1 aliphatic heterocycles. The summed E-state index contributed by atoms with van der Waals surface area (Å²) in [5.41, 5.74) is 2.91. The van der Waals surface area contributed by atoms with Gasteiger partial charge in [0.05, 0.1) is 17.8 Å². The Morgan fingerprint density at radius 3 is 2.77 bits per heavy atom. The molecule has 0 aromatic heterocycles. The summed E-state index contributed by atoms with van der Waals surface area (Å²) in [5, 5.41) is 11.5. The Bertz CT molecular complexity index is 998. The largest absolute Gasteiger partial charge is 0.482 e. The molecule has 11 heteroatoms. The highest BCUT2D eigenvalue weighted by atomic mass is 32.2. The number of non-ortho nitro benzene ring substituents is 1. The SMILES string of the molecule is COC(=O)COc1ccccc1C1SCC(=O)N1NC(=O)c1cccc([N+](=O)[O-])c1. The van der Waals surface area contributed by atoms with E-state index in [9.17, 15) is 24.5 Å². The van der Waals surface area contributed by atoms with Crippen molar-refractivity contribution in [3.05, 3.63) is 69.8 Å². The standard InChI is InChI=1S/C19H17N3O7S/c1-28-17(24)10-29-15-8-3-2-7-14(15)19-21(16(23)11-30-19)20-18(25)12-5-4-6-13(9-12)22(26)27/h2-9,19H,10-11H2,1H3,(H,20,25). The number of nitro benzene ring substituents is 1. The van der Waals surface area contributed by atoms with Crippen LogP contribution in [-0.4, -0.2) is 47.2 Å². The first-order chi connectivity index (χ1) is 14.4. The van der Waals surface area contributed by atoms with Gasteiger partial charge in [0.1, 0.15) is 11.1 Å². The summed E-state index contributed by atoms with van der Waals surface area (Å²) in [6, 6.07) is 12.0. The highest BCUT2D eigenvalue weighted by Crippen LogP contribution is 2.41. The van der Waals surface area contributed by atoms with Crippen LogP contribution >= 0.6 is 11.8 Å². The molecule has 156 valence electrons. The van der Waals surface area contributed by atoms with Gasteiger partial charge in [0.2, 0.25) is 0 Å². The van der Waals surface area contributed by atoms with Crippen molar-refractivity contribution in [2.24, 2.45) is 0 Å². The van der Waals surface area contributed by atoms with Crippen LogP contribution < -0.4 is 10.2 Å². The number of benzene rings is 2. The van der Waals surface area contributed by atoms with Crippen molar-refractivity contribution in [2.75, 3.05) is 19.5 Å². The third kappa shape index (κ3) is 4.69. The first-order valence-corrected chi connectivity index (χ1v) is 9.73. The number of para-hydroxylation sites is 1. The molecule has 1 atom stereocenters. The average Bonchev–Trinajstić information content (AvgIpc) is 3.12. The number of hydrazine groups is 1. The number of nitrogens with zero attached hydrogens (tertiary/aromatic N) is 2. The maximum absolute atomic E-state index is 12.6. The van der Waals surface area contributed by atoms with Gasteiger partial charge in [0, 0.05) is 23.3 Å². The fraction of sp³-hybridized carbons (Fsp3) is 0.211.